The predicted octanol–water partition coefficient (Wildman–Crippen LogP) is 2.11. The second kappa shape index (κ2) is 7.98. The van der Waals surface area contributed by atoms with Gasteiger partial charge in [-0.2, -0.15) is 11.8 Å². The van der Waals surface area contributed by atoms with Crippen molar-refractivity contribution in [1.82, 2.24) is 4.90 Å². The fourth-order valence-corrected chi connectivity index (χ4v) is 2.84. The van der Waals surface area contributed by atoms with E-state index in [2.05, 4.69) is 13.2 Å². The molecule has 1 aliphatic heterocycles. The number of unbranched alkanes of at least 4 members (excludes halogenated alkanes) is 1. The van der Waals surface area contributed by atoms with Gasteiger partial charge >= 0.3 is 0 Å². The zero-order valence-electron chi connectivity index (χ0n) is 11.2. The Hall–Kier alpha value is -0.220. The van der Waals surface area contributed by atoms with Gasteiger partial charge in [-0.05, 0) is 50.5 Å². The summed E-state index contributed by atoms with van der Waals surface area (Å²) in [5.41, 5.74) is 5.93. The Morgan fingerprint density at radius 2 is 2.29 bits per heavy atom. The SMILES string of the molecule is CSCCCCC(=O)N1CCCC(C(C)N)C1. The van der Waals surface area contributed by atoms with E-state index in [9.17, 15) is 4.79 Å². The van der Waals surface area contributed by atoms with Gasteiger partial charge in [0.2, 0.25) is 5.91 Å². The summed E-state index contributed by atoms with van der Waals surface area (Å²) in [5.74, 6) is 1.99. The van der Waals surface area contributed by atoms with Gasteiger partial charge in [0.15, 0.2) is 0 Å². The summed E-state index contributed by atoms with van der Waals surface area (Å²) >= 11 is 1.85. The van der Waals surface area contributed by atoms with E-state index in [-0.39, 0.29) is 6.04 Å². The van der Waals surface area contributed by atoms with Gasteiger partial charge in [0.25, 0.3) is 0 Å². The summed E-state index contributed by atoms with van der Waals surface area (Å²) in [6.07, 6.45) is 7.29. The Morgan fingerprint density at radius 3 is 2.94 bits per heavy atom. The van der Waals surface area contributed by atoms with Crippen LogP contribution in [0.2, 0.25) is 0 Å². The zero-order valence-corrected chi connectivity index (χ0v) is 12.0. The minimum atomic E-state index is 0.210. The van der Waals surface area contributed by atoms with Crippen molar-refractivity contribution in [3.63, 3.8) is 0 Å². The van der Waals surface area contributed by atoms with Crippen LogP contribution in [0.4, 0.5) is 0 Å². The Labute approximate surface area is 109 Å². The molecule has 0 aromatic carbocycles. The molecule has 1 aliphatic rings. The summed E-state index contributed by atoms with van der Waals surface area (Å²) < 4.78 is 0. The smallest absolute Gasteiger partial charge is 0.222 e. The molecule has 1 heterocycles. The minimum absolute atomic E-state index is 0.210. The van der Waals surface area contributed by atoms with Crippen LogP contribution in [0.5, 0.6) is 0 Å². The first-order valence-corrected chi connectivity index (χ1v) is 8.07. The Morgan fingerprint density at radius 1 is 1.53 bits per heavy atom. The second-order valence-electron chi connectivity index (χ2n) is 5.05. The molecule has 1 fully saturated rings. The van der Waals surface area contributed by atoms with E-state index in [1.807, 2.05) is 16.7 Å². The van der Waals surface area contributed by atoms with Gasteiger partial charge < -0.3 is 10.6 Å². The molecule has 0 spiro atoms. The number of nitrogens with two attached hydrogens (primary N) is 1. The molecule has 1 saturated heterocycles. The predicted molar refractivity (Wildman–Crippen MR) is 75.2 cm³/mol. The van der Waals surface area contributed by atoms with Crippen LogP contribution in [0, 0.1) is 5.92 Å². The molecule has 1 rings (SSSR count). The lowest BCUT2D eigenvalue weighted by Crippen LogP contribution is -2.44. The molecule has 0 aliphatic carbocycles. The van der Waals surface area contributed by atoms with E-state index in [0.717, 1.165) is 38.1 Å². The summed E-state index contributed by atoms with van der Waals surface area (Å²) in [6.45, 7) is 3.86. The van der Waals surface area contributed by atoms with Crippen molar-refractivity contribution in [2.75, 3.05) is 25.1 Å². The number of piperidine rings is 1. The maximum atomic E-state index is 12.0. The van der Waals surface area contributed by atoms with Crippen molar-refractivity contribution >= 4 is 17.7 Å². The molecule has 0 aromatic rings. The molecule has 0 radical (unpaired) electrons. The average molecular weight is 258 g/mol. The van der Waals surface area contributed by atoms with Crippen molar-refractivity contribution in [1.29, 1.82) is 0 Å². The van der Waals surface area contributed by atoms with Gasteiger partial charge in [0.1, 0.15) is 0 Å². The molecule has 3 nitrogen and oxygen atoms in total. The molecule has 0 aromatic heterocycles. The van der Waals surface area contributed by atoms with E-state index in [0.29, 0.717) is 18.2 Å². The molecule has 17 heavy (non-hydrogen) atoms. The highest BCUT2D eigenvalue weighted by atomic mass is 32.2. The number of carbonyl (C=O) groups is 1. The van der Waals surface area contributed by atoms with Crippen LogP contribution in [-0.4, -0.2) is 41.9 Å². The fraction of sp³-hybridized carbons (Fsp3) is 0.923. The molecule has 0 bridgehead atoms. The van der Waals surface area contributed by atoms with Crippen molar-refractivity contribution in [3.8, 4) is 0 Å². The monoisotopic (exact) mass is 258 g/mol. The van der Waals surface area contributed by atoms with Gasteiger partial charge in [-0.3, -0.25) is 4.79 Å². The summed E-state index contributed by atoms with van der Waals surface area (Å²) in [4.78, 5) is 14.0. The fourth-order valence-electron chi connectivity index (χ4n) is 2.35. The summed E-state index contributed by atoms with van der Waals surface area (Å²) in [7, 11) is 0. The first kappa shape index (κ1) is 14.8. The summed E-state index contributed by atoms with van der Waals surface area (Å²) in [5, 5.41) is 0. The van der Waals surface area contributed by atoms with Crippen molar-refractivity contribution in [3.05, 3.63) is 0 Å². The number of rotatable bonds is 6. The van der Waals surface area contributed by atoms with E-state index in [1.54, 1.807) is 0 Å². The van der Waals surface area contributed by atoms with Crippen LogP contribution in [-0.2, 0) is 4.79 Å². The average Bonchev–Trinajstić information content (AvgIpc) is 2.34. The third-order valence-corrected chi connectivity index (χ3v) is 4.24. The van der Waals surface area contributed by atoms with Crippen molar-refractivity contribution in [2.24, 2.45) is 11.7 Å². The lowest BCUT2D eigenvalue weighted by Gasteiger charge is -2.34. The number of thioether (sulfide) groups is 1. The molecule has 2 atom stereocenters. The van der Waals surface area contributed by atoms with Crippen LogP contribution >= 0.6 is 11.8 Å². The molecule has 100 valence electrons. The lowest BCUT2D eigenvalue weighted by molar-refractivity contribution is -0.133. The second-order valence-corrected chi connectivity index (χ2v) is 6.04. The Kier molecular flexibility index (Phi) is 6.97. The third kappa shape index (κ3) is 5.30. The lowest BCUT2D eigenvalue weighted by atomic mass is 9.92. The molecule has 1 amide bonds. The number of amides is 1. The highest BCUT2D eigenvalue weighted by Gasteiger charge is 2.25. The molecule has 2 N–H and O–H groups in total. The van der Waals surface area contributed by atoms with E-state index < -0.39 is 0 Å². The quantitative estimate of drug-likeness (QED) is 0.742. The maximum Gasteiger partial charge on any atom is 0.222 e. The molecule has 0 saturated carbocycles. The van der Waals surface area contributed by atoms with Crippen LogP contribution in [0.15, 0.2) is 0 Å². The van der Waals surface area contributed by atoms with Gasteiger partial charge in [0.05, 0.1) is 0 Å². The van der Waals surface area contributed by atoms with E-state index >= 15 is 0 Å². The van der Waals surface area contributed by atoms with Gasteiger partial charge in [-0.25, -0.2) is 0 Å². The van der Waals surface area contributed by atoms with Gasteiger partial charge in [-0.1, -0.05) is 0 Å². The molecular weight excluding hydrogens is 232 g/mol. The van der Waals surface area contributed by atoms with Gasteiger partial charge in [-0.15, -0.1) is 0 Å². The molecule has 2 unspecified atom stereocenters. The highest BCUT2D eigenvalue weighted by molar-refractivity contribution is 7.98. The number of carbonyl (C=O) groups excluding carboxylic acids is 1. The Balaban J connectivity index is 2.26. The van der Waals surface area contributed by atoms with E-state index in [4.69, 9.17) is 5.73 Å². The number of hydrogen-bond donors (Lipinski definition) is 1. The number of hydrogen-bond acceptors (Lipinski definition) is 3. The van der Waals surface area contributed by atoms with Crippen LogP contribution in [0.3, 0.4) is 0 Å². The topological polar surface area (TPSA) is 46.3 Å². The van der Waals surface area contributed by atoms with Crippen molar-refractivity contribution in [2.45, 2.75) is 45.1 Å². The first-order valence-electron chi connectivity index (χ1n) is 6.67. The number of likely N-dealkylation sites (tertiary alicyclic amines) is 1. The normalized spacial score (nSPS) is 22.5. The molecule has 4 heteroatoms. The first-order chi connectivity index (χ1) is 8.15. The van der Waals surface area contributed by atoms with Crippen molar-refractivity contribution < 1.29 is 4.79 Å². The van der Waals surface area contributed by atoms with Crippen LogP contribution in [0.1, 0.15) is 39.0 Å². The molecular formula is C13H26N2OS. The Bertz CT molecular complexity index is 233. The van der Waals surface area contributed by atoms with E-state index in [1.165, 1.54) is 6.42 Å². The van der Waals surface area contributed by atoms with Gasteiger partial charge in [0, 0.05) is 25.6 Å². The maximum absolute atomic E-state index is 12.0. The zero-order chi connectivity index (χ0) is 12.7. The van der Waals surface area contributed by atoms with Crippen LogP contribution in [0.25, 0.3) is 0 Å². The van der Waals surface area contributed by atoms with Crippen LogP contribution < -0.4 is 5.73 Å². The number of nitrogens with zero attached hydrogens (tertiary/aromatic N) is 1. The largest absolute Gasteiger partial charge is 0.342 e. The minimum Gasteiger partial charge on any atom is -0.342 e. The summed E-state index contributed by atoms with van der Waals surface area (Å²) in [6, 6.07) is 0.210. The standard InChI is InChI=1S/C13H26N2OS/c1-11(14)12-6-5-8-15(10-12)13(16)7-3-4-9-17-2/h11-12H,3-10,14H2,1-2H3. The highest BCUT2D eigenvalue weighted by Crippen LogP contribution is 2.19. The third-order valence-electron chi connectivity index (χ3n) is 3.54.